The van der Waals surface area contributed by atoms with Crippen molar-refractivity contribution in [1.29, 1.82) is 0 Å². The van der Waals surface area contributed by atoms with Crippen LogP contribution in [0.4, 0.5) is 5.82 Å². The summed E-state index contributed by atoms with van der Waals surface area (Å²) in [5, 5.41) is 0.614. The second kappa shape index (κ2) is 10.1. The average molecular weight is 419 g/mol. The third-order valence-corrected chi connectivity index (χ3v) is 7.02. The van der Waals surface area contributed by atoms with Crippen LogP contribution >= 0.6 is 11.6 Å². The van der Waals surface area contributed by atoms with Gasteiger partial charge < -0.3 is 14.7 Å². The predicted octanol–water partition coefficient (Wildman–Crippen LogP) is 4.45. The first kappa shape index (κ1) is 20.9. The number of anilines is 1. The fourth-order valence-corrected chi connectivity index (χ4v) is 5.44. The summed E-state index contributed by atoms with van der Waals surface area (Å²) in [6.45, 7) is 7.42. The summed E-state index contributed by atoms with van der Waals surface area (Å²) in [5.41, 5.74) is 0.624. The molecule has 0 saturated carbocycles. The van der Waals surface area contributed by atoms with Crippen molar-refractivity contribution in [1.82, 2.24) is 14.8 Å². The van der Waals surface area contributed by atoms with Crippen molar-refractivity contribution in [2.45, 2.75) is 57.8 Å². The summed E-state index contributed by atoms with van der Waals surface area (Å²) in [7, 11) is 0. The molecule has 6 heteroatoms. The van der Waals surface area contributed by atoms with Crippen LogP contribution in [-0.2, 0) is 0 Å². The fourth-order valence-electron chi connectivity index (χ4n) is 5.15. The first-order valence-electron chi connectivity index (χ1n) is 11.6. The van der Waals surface area contributed by atoms with Gasteiger partial charge in [0.25, 0.3) is 5.91 Å². The SMILES string of the molecule is O=C(c1cnc(N2CCCC(CN3CCCCCC3)C2)c(Cl)c1)N1CCCCC1. The standard InChI is InChI=1S/C23H35ClN4O/c24-21-15-20(23(29)27-12-6-3-7-13-27)16-25-22(21)28-14-8-9-19(18-28)17-26-10-4-1-2-5-11-26/h15-16,19H,1-14,17-18H2. The van der Waals surface area contributed by atoms with Gasteiger partial charge in [-0.2, -0.15) is 0 Å². The lowest BCUT2D eigenvalue weighted by atomic mass is 9.97. The van der Waals surface area contributed by atoms with Crippen LogP contribution in [0, 0.1) is 5.92 Å². The average Bonchev–Trinajstić information content (AvgIpc) is 3.02. The van der Waals surface area contributed by atoms with Gasteiger partial charge in [0.1, 0.15) is 5.82 Å². The Bertz CT molecular complexity index is 683. The van der Waals surface area contributed by atoms with Crippen LogP contribution in [-0.4, -0.2) is 66.5 Å². The number of aromatic nitrogens is 1. The van der Waals surface area contributed by atoms with E-state index in [-0.39, 0.29) is 5.91 Å². The van der Waals surface area contributed by atoms with Crippen molar-refractivity contribution in [3.05, 3.63) is 22.8 Å². The molecule has 0 aliphatic carbocycles. The number of carbonyl (C=O) groups excluding carboxylic acids is 1. The molecule has 3 saturated heterocycles. The summed E-state index contributed by atoms with van der Waals surface area (Å²) < 4.78 is 0. The Hall–Kier alpha value is -1.33. The van der Waals surface area contributed by atoms with E-state index in [1.165, 1.54) is 64.6 Å². The molecular weight excluding hydrogens is 384 g/mol. The molecule has 1 aromatic heterocycles. The van der Waals surface area contributed by atoms with Crippen LogP contribution in [0.5, 0.6) is 0 Å². The minimum Gasteiger partial charge on any atom is -0.355 e. The lowest BCUT2D eigenvalue weighted by Crippen LogP contribution is -2.42. The molecule has 160 valence electrons. The van der Waals surface area contributed by atoms with Crippen molar-refractivity contribution >= 4 is 23.3 Å². The Morgan fingerprint density at radius 3 is 2.38 bits per heavy atom. The van der Waals surface area contributed by atoms with E-state index in [1.807, 2.05) is 11.0 Å². The number of nitrogens with zero attached hydrogens (tertiary/aromatic N) is 4. The van der Waals surface area contributed by atoms with Crippen LogP contribution < -0.4 is 4.90 Å². The van der Waals surface area contributed by atoms with Gasteiger partial charge in [-0.15, -0.1) is 0 Å². The van der Waals surface area contributed by atoms with Crippen LogP contribution in [0.25, 0.3) is 0 Å². The second-order valence-electron chi connectivity index (χ2n) is 9.05. The molecular formula is C23H35ClN4O. The zero-order chi connectivity index (χ0) is 20.1. The molecule has 0 spiro atoms. The number of hydrogen-bond donors (Lipinski definition) is 0. The minimum atomic E-state index is 0.0725. The van der Waals surface area contributed by atoms with Crippen molar-refractivity contribution in [2.24, 2.45) is 5.92 Å². The number of carbonyl (C=O) groups is 1. The smallest absolute Gasteiger partial charge is 0.255 e. The zero-order valence-electron chi connectivity index (χ0n) is 17.6. The van der Waals surface area contributed by atoms with E-state index in [0.717, 1.165) is 44.8 Å². The molecule has 3 fully saturated rings. The molecule has 3 aliphatic heterocycles. The van der Waals surface area contributed by atoms with Gasteiger partial charge in [0.2, 0.25) is 0 Å². The molecule has 1 aromatic rings. The van der Waals surface area contributed by atoms with Crippen molar-refractivity contribution in [3.8, 4) is 0 Å². The summed E-state index contributed by atoms with van der Waals surface area (Å²) >= 11 is 6.62. The number of rotatable bonds is 4. The summed E-state index contributed by atoms with van der Waals surface area (Å²) in [6.07, 6.45) is 13.1. The van der Waals surface area contributed by atoms with Gasteiger partial charge in [-0.05, 0) is 70.0 Å². The van der Waals surface area contributed by atoms with Crippen LogP contribution in [0.3, 0.4) is 0 Å². The molecule has 5 nitrogen and oxygen atoms in total. The molecule has 0 radical (unpaired) electrons. The normalized spacial score (nSPS) is 24.4. The van der Waals surface area contributed by atoms with Gasteiger partial charge in [-0.3, -0.25) is 4.79 Å². The maximum atomic E-state index is 12.7. The molecule has 3 aliphatic rings. The molecule has 0 aromatic carbocycles. The number of piperidine rings is 2. The van der Waals surface area contributed by atoms with Gasteiger partial charge >= 0.3 is 0 Å². The summed E-state index contributed by atoms with van der Waals surface area (Å²) in [6, 6.07) is 1.83. The Kier molecular flexibility index (Phi) is 7.30. The van der Waals surface area contributed by atoms with Gasteiger partial charge in [0.15, 0.2) is 0 Å². The highest BCUT2D eigenvalue weighted by atomic mass is 35.5. The topological polar surface area (TPSA) is 39.7 Å². The van der Waals surface area contributed by atoms with Gasteiger partial charge in [0, 0.05) is 38.9 Å². The molecule has 0 bridgehead atoms. The van der Waals surface area contributed by atoms with Crippen molar-refractivity contribution < 1.29 is 4.79 Å². The lowest BCUT2D eigenvalue weighted by molar-refractivity contribution is 0.0724. The van der Waals surface area contributed by atoms with Crippen molar-refractivity contribution in [3.63, 3.8) is 0 Å². The molecule has 29 heavy (non-hydrogen) atoms. The molecule has 0 N–H and O–H groups in total. The highest BCUT2D eigenvalue weighted by molar-refractivity contribution is 6.33. The minimum absolute atomic E-state index is 0.0725. The van der Waals surface area contributed by atoms with E-state index in [1.54, 1.807) is 6.20 Å². The van der Waals surface area contributed by atoms with Gasteiger partial charge in [0.05, 0.1) is 10.6 Å². The highest BCUT2D eigenvalue weighted by Crippen LogP contribution is 2.29. The van der Waals surface area contributed by atoms with Crippen molar-refractivity contribution in [2.75, 3.05) is 50.7 Å². The number of amides is 1. The number of likely N-dealkylation sites (tertiary alicyclic amines) is 2. The maximum absolute atomic E-state index is 12.7. The fraction of sp³-hybridized carbons (Fsp3) is 0.739. The van der Waals surface area contributed by atoms with E-state index in [4.69, 9.17) is 11.6 Å². The Morgan fingerprint density at radius 2 is 1.66 bits per heavy atom. The van der Waals surface area contributed by atoms with Crippen LogP contribution in [0.1, 0.15) is 68.1 Å². The maximum Gasteiger partial charge on any atom is 0.255 e. The summed E-state index contributed by atoms with van der Waals surface area (Å²) in [4.78, 5) is 24.3. The van der Waals surface area contributed by atoms with E-state index >= 15 is 0 Å². The second-order valence-corrected chi connectivity index (χ2v) is 9.46. The van der Waals surface area contributed by atoms with E-state index in [0.29, 0.717) is 16.5 Å². The summed E-state index contributed by atoms with van der Waals surface area (Å²) in [5.74, 6) is 1.60. The van der Waals surface area contributed by atoms with Gasteiger partial charge in [-0.1, -0.05) is 24.4 Å². The van der Waals surface area contributed by atoms with E-state index in [9.17, 15) is 4.79 Å². The molecule has 4 heterocycles. The Balaban J connectivity index is 1.38. The Morgan fingerprint density at radius 1 is 0.966 bits per heavy atom. The van der Waals surface area contributed by atoms with Crippen LogP contribution in [0.2, 0.25) is 5.02 Å². The number of hydrogen-bond acceptors (Lipinski definition) is 4. The van der Waals surface area contributed by atoms with E-state index in [2.05, 4.69) is 14.8 Å². The monoisotopic (exact) mass is 418 g/mol. The Labute approximate surface area is 180 Å². The largest absolute Gasteiger partial charge is 0.355 e. The zero-order valence-corrected chi connectivity index (χ0v) is 18.4. The third-order valence-electron chi connectivity index (χ3n) is 6.75. The molecule has 1 atom stereocenters. The van der Waals surface area contributed by atoms with Crippen LogP contribution in [0.15, 0.2) is 12.3 Å². The first-order valence-corrected chi connectivity index (χ1v) is 12.0. The van der Waals surface area contributed by atoms with Gasteiger partial charge in [-0.25, -0.2) is 4.98 Å². The quantitative estimate of drug-likeness (QED) is 0.724. The predicted molar refractivity (Wildman–Crippen MR) is 119 cm³/mol. The number of halogens is 1. The lowest BCUT2D eigenvalue weighted by Gasteiger charge is -2.36. The first-order chi connectivity index (χ1) is 14.2. The third kappa shape index (κ3) is 5.43. The van der Waals surface area contributed by atoms with E-state index < -0.39 is 0 Å². The molecule has 1 unspecified atom stereocenters. The highest BCUT2D eigenvalue weighted by Gasteiger charge is 2.26. The molecule has 1 amide bonds. The number of pyridine rings is 1. The molecule has 4 rings (SSSR count).